The lowest BCUT2D eigenvalue weighted by molar-refractivity contribution is -0.384. The number of phenols is 1. The van der Waals surface area contributed by atoms with Crippen LogP contribution < -0.4 is 4.90 Å². The van der Waals surface area contributed by atoms with E-state index in [0.29, 0.717) is 17.1 Å². The monoisotopic (exact) mass is 442 g/mol. The van der Waals surface area contributed by atoms with Gasteiger partial charge in [0.1, 0.15) is 17.3 Å². The topological polar surface area (TPSA) is 114 Å². The van der Waals surface area contributed by atoms with Gasteiger partial charge >= 0.3 is 0 Å². The summed E-state index contributed by atoms with van der Waals surface area (Å²) in [6.07, 6.45) is 1.43. The molecule has 8 nitrogen and oxygen atoms in total. The maximum absolute atomic E-state index is 12.7. The maximum atomic E-state index is 12.7. The number of carbonyl (C=O) groups excluding carboxylic acids is 2. The number of nitro benzene ring substituents is 1. The van der Waals surface area contributed by atoms with Crippen molar-refractivity contribution in [3.63, 3.8) is 0 Å². The van der Waals surface area contributed by atoms with Crippen LogP contribution in [0.2, 0.25) is 5.02 Å². The second-order valence-electron chi connectivity index (χ2n) is 6.16. The average Bonchev–Trinajstić information content (AvgIpc) is 3.26. The number of carbonyl (C=O) groups is 2. The molecule has 1 saturated heterocycles. The van der Waals surface area contributed by atoms with Crippen molar-refractivity contribution in [2.45, 2.75) is 0 Å². The van der Waals surface area contributed by atoms with Crippen molar-refractivity contribution in [1.29, 1.82) is 0 Å². The number of non-ortho nitro benzene ring substituents is 1. The number of amides is 2. The number of thioether (sulfide) groups is 1. The smallest absolute Gasteiger partial charge is 0.298 e. The first-order valence-corrected chi connectivity index (χ1v) is 9.64. The Labute approximate surface area is 178 Å². The number of imide groups is 1. The molecule has 0 radical (unpaired) electrons. The number of hydrogen-bond acceptors (Lipinski definition) is 7. The van der Waals surface area contributed by atoms with E-state index in [1.54, 1.807) is 18.2 Å². The normalized spacial score (nSPS) is 15.2. The molecule has 0 saturated carbocycles. The molecule has 2 aromatic carbocycles. The second kappa shape index (κ2) is 7.69. The van der Waals surface area contributed by atoms with Crippen molar-refractivity contribution in [2.24, 2.45) is 0 Å². The highest BCUT2D eigenvalue weighted by Crippen LogP contribution is 2.38. The van der Waals surface area contributed by atoms with Crippen molar-refractivity contribution in [3.8, 4) is 17.1 Å². The molecule has 3 aromatic rings. The number of halogens is 1. The van der Waals surface area contributed by atoms with Crippen molar-refractivity contribution < 1.29 is 24.0 Å². The van der Waals surface area contributed by atoms with Crippen molar-refractivity contribution in [3.05, 3.63) is 80.4 Å². The lowest BCUT2D eigenvalue weighted by Crippen LogP contribution is -2.27. The number of nitro groups is 1. The van der Waals surface area contributed by atoms with Crippen molar-refractivity contribution in [2.75, 3.05) is 4.90 Å². The quantitative estimate of drug-likeness (QED) is 0.324. The van der Waals surface area contributed by atoms with Crippen LogP contribution in [0, 0.1) is 10.1 Å². The summed E-state index contributed by atoms with van der Waals surface area (Å²) in [4.78, 5) is 36.4. The zero-order valence-corrected chi connectivity index (χ0v) is 16.5. The van der Waals surface area contributed by atoms with Gasteiger partial charge in [-0.1, -0.05) is 17.7 Å². The van der Waals surface area contributed by atoms with Crippen LogP contribution in [0.3, 0.4) is 0 Å². The van der Waals surface area contributed by atoms with Gasteiger partial charge in [0.2, 0.25) is 0 Å². The number of furan rings is 1. The van der Waals surface area contributed by atoms with E-state index in [0.717, 1.165) is 16.7 Å². The zero-order chi connectivity index (χ0) is 21.4. The molecule has 4 rings (SSSR count). The van der Waals surface area contributed by atoms with Gasteiger partial charge in [-0.15, -0.1) is 0 Å². The molecule has 0 spiro atoms. The summed E-state index contributed by atoms with van der Waals surface area (Å²) in [6.45, 7) is 0. The molecule has 10 heteroatoms. The van der Waals surface area contributed by atoms with Crippen LogP contribution in [-0.2, 0) is 4.79 Å². The number of nitrogens with zero attached hydrogens (tertiary/aromatic N) is 2. The molecule has 2 heterocycles. The number of rotatable bonds is 4. The van der Waals surface area contributed by atoms with E-state index in [1.165, 1.54) is 42.5 Å². The van der Waals surface area contributed by atoms with Crippen molar-refractivity contribution in [1.82, 2.24) is 0 Å². The molecule has 0 unspecified atom stereocenters. The molecule has 1 N–H and O–H groups in total. The summed E-state index contributed by atoms with van der Waals surface area (Å²) >= 11 is 6.87. The number of phenolic OH excluding ortho intramolecular Hbond substituents is 1. The molecule has 150 valence electrons. The number of aromatic hydroxyl groups is 1. The molecule has 30 heavy (non-hydrogen) atoms. The third-order valence-corrected chi connectivity index (χ3v) is 5.39. The molecule has 0 atom stereocenters. The third-order valence-electron chi connectivity index (χ3n) is 4.21. The SMILES string of the molecule is O=C1S/C(=C/c2ccc(-c3ccc([N+](=O)[O-])cc3Cl)o2)C(=O)N1c1cccc(O)c1. The van der Waals surface area contributed by atoms with Gasteiger partial charge in [0, 0.05) is 29.8 Å². The minimum atomic E-state index is -0.550. The minimum Gasteiger partial charge on any atom is -0.508 e. The van der Waals surface area contributed by atoms with E-state index in [1.807, 2.05) is 0 Å². The fraction of sp³-hybridized carbons (Fsp3) is 0. The van der Waals surface area contributed by atoms with E-state index in [4.69, 9.17) is 16.0 Å². The van der Waals surface area contributed by atoms with Crippen LogP contribution in [0.25, 0.3) is 17.4 Å². The Morgan fingerprint density at radius 2 is 1.93 bits per heavy atom. The Balaban J connectivity index is 1.61. The fourth-order valence-electron chi connectivity index (χ4n) is 2.84. The molecule has 1 fully saturated rings. The number of anilines is 1. The Morgan fingerprint density at radius 3 is 2.63 bits per heavy atom. The van der Waals surface area contributed by atoms with Crippen molar-refractivity contribution >= 4 is 52.0 Å². The molecular weight excluding hydrogens is 432 g/mol. The number of hydrogen-bond donors (Lipinski definition) is 1. The van der Waals surface area contributed by atoms with Crippen LogP contribution in [0.15, 0.2) is 63.9 Å². The summed E-state index contributed by atoms with van der Waals surface area (Å²) in [5.41, 5.74) is 0.574. The molecule has 2 amide bonds. The molecule has 0 aliphatic carbocycles. The van der Waals surface area contributed by atoms with Gasteiger partial charge in [0.05, 0.1) is 20.5 Å². The Kier molecular flexibility index (Phi) is 5.06. The first kappa shape index (κ1) is 19.7. The van der Waals surface area contributed by atoms with Gasteiger partial charge in [0.25, 0.3) is 16.8 Å². The molecule has 1 aliphatic rings. The fourth-order valence-corrected chi connectivity index (χ4v) is 3.93. The number of benzene rings is 2. The first-order valence-electron chi connectivity index (χ1n) is 8.44. The standard InChI is InChI=1S/C20H11ClN2O6S/c21-16-9-12(23(27)28)4-6-15(16)17-7-5-14(29-17)10-18-19(25)22(20(26)30-18)11-2-1-3-13(24)8-11/h1-10,24H/b18-10+. The summed E-state index contributed by atoms with van der Waals surface area (Å²) < 4.78 is 5.69. The Morgan fingerprint density at radius 1 is 1.13 bits per heavy atom. The first-order chi connectivity index (χ1) is 14.3. The largest absolute Gasteiger partial charge is 0.508 e. The lowest BCUT2D eigenvalue weighted by atomic mass is 10.1. The molecule has 0 bridgehead atoms. The molecule has 1 aliphatic heterocycles. The minimum absolute atomic E-state index is 0.0637. The van der Waals surface area contributed by atoms with E-state index < -0.39 is 16.1 Å². The van der Waals surface area contributed by atoms with Gasteiger partial charge in [-0.2, -0.15) is 0 Å². The van der Waals surface area contributed by atoms with Gasteiger partial charge < -0.3 is 9.52 Å². The predicted octanol–water partition coefficient (Wildman–Crippen LogP) is 5.45. The van der Waals surface area contributed by atoms with Gasteiger partial charge in [0.15, 0.2) is 0 Å². The highest BCUT2D eigenvalue weighted by atomic mass is 35.5. The van der Waals surface area contributed by atoms with Crippen LogP contribution >= 0.6 is 23.4 Å². The maximum Gasteiger partial charge on any atom is 0.298 e. The second-order valence-corrected chi connectivity index (χ2v) is 7.56. The molecular formula is C20H11ClN2O6S. The summed E-state index contributed by atoms with van der Waals surface area (Å²) in [5.74, 6) is 0.0577. The van der Waals surface area contributed by atoms with Gasteiger partial charge in [-0.25, -0.2) is 4.90 Å². The van der Waals surface area contributed by atoms with E-state index >= 15 is 0 Å². The third kappa shape index (κ3) is 3.68. The van der Waals surface area contributed by atoms with E-state index in [2.05, 4.69) is 0 Å². The highest BCUT2D eigenvalue weighted by Gasteiger charge is 2.36. The predicted molar refractivity (Wildman–Crippen MR) is 112 cm³/mol. The Hall–Kier alpha value is -3.56. The molecule has 1 aromatic heterocycles. The zero-order valence-electron chi connectivity index (χ0n) is 14.9. The Bertz CT molecular complexity index is 1240. The van der Waals surface area contributed by atoms with Crippen LogP contribution in [0.5, 0.6) is 5.75 Å². The van der Waals surface area contributed by atoms with Crippen LogP contribution in [0.4, 0.5) is 16.2 Å². The van der Waals surface area contributed by atoms with Gasteiger partial charge in [-0.3, -0.25) is 19.7 Å². The van der Waals surface area contributed by atoms with E-state index in [-0.39, 0.29) is 27.1 Å². The highest BCUT2D eigenvalue weighted by molar-refractivity contribution is 8.19. The summed E-state index contributed by atoms with van der Waals surface area (Å²) in [6, 6.07) is 13.0. The van der Waals surface area contributed by atoms with Crippen LogP contribution in [-0.4, -0.2) is 21.2 Å². The average molecular weight is 443 g/mol. The summed E-state index contributed by atoms with van der Waals surface area (Å²) in [5, 5.41) is 20.1. The van der Waals surface area contributed by atoms with E-state index in [9.17, 15) is 24.8 Å². The lowest BCUT2D eigenvalue weighted by Gasteiger charge is -2.12. The van der Waals surface area contributed by atoms with Gasteiger partial charge in [-0.05, 0) is 42.1 Å². The van der Waals surface area contributed by atoms with Crippen LogP contribution in [0.1, 0.15) is 5.76 Å². The summed E-state index contributed by atoms with van der Waals surface area (Å²) in [7, 11) is 0.